The molecule has 2 heterocycles. The molecular weight excluding hydrogens is 370 g/mol. The Hall–Kier alpha value is -1.47. The minimum atomic E-state index is -0.449. The van der Waals surface area contributed by atoms with Crippen LogP contribution in [0.1, 0.15) is 40.4 Å². The lowest BCUT2D eigenvalue weighted by molar-refractivity contribution is 0.0614. The first kappa shape index (κ1) is 21.2. The molecule has 1 aromatic heterocycles. The molecule has 0 aliphatic carbocycles. The maximum Gasteiger partial charge on any atom is 0.123 e. The van der Waals surface area contributed by atoms with Crippen molar-refractivity contribution in [2.75, 3.05) is 32.8 Å². The van der Waals surface area contributed by atoms with E-state index in [0.29, 0.717) is 13.2 Å². The first-order valence-corrected chi connectivity index (χ1v) is 11.2. The molecule has 1 fully saturated rings. The van der Waals surface area contributed by atoms with Crippen molar-refractivity contribution >= 4 is 11.3 Å². The fraction of sp³-hybridized carbons (Fsp3) is 0.591. The zero-order valence-electron chi connectivity index (χ0n) is 17.1. The van der Waals surface area contributed by atoms with Crippen LogP contribution in [-0.2, 0) is 13.0 Å². The average molecular weight is 404 g/mol. The first-order valence-electron chi connectivity index (χ1n) is 10.4. The second-order valence-electron chi connectivity index (χ2n) is 7.61. The van der Waals surface area contributed by atoms with Gasteiger partial charge < -0.3 is 20.1 Å². The highest BCUT2D eigenvalue weighted by Gasteiger charge is 2.15. The van der Waals surface area contributed by atoms with Crippen molar-refractivity contribution in [1.82, 2.24) is 15.2 Å². The van der Waals surface area contributed by atoms with Gasteiger partial charge in [-0.15, -0.1) is 11.3 Å². The number of hydrogen-bond acceptors (Lipinski definition) is 6. The molecule has 5 nitrogen and oxygen atoms in total. The minimum Gasteiger partial charge on any atom is -0.491 e. The third-order valence-electron chi connectivity index (χ3n) is 5.23. The Morgan fingerprint density at radius 1 is 1.21 bits per heavy atom. The zero-order chi connectivity index (χ0) is 19.8. The van der Waals surface area contributed by atoms with Gasteiger partial charge in [0.2, 0.25) is 0 Å². The van der Waals surface area contributed by atoms with Crippen LogP contribution in [0.2, 0.25) is 0 Å². The number of ether oxygens (including phenoxy) is 1. The molecule has 0 spiro atoms. The monoisotopic (exact) mass is 403 g/mol. The number of likely N-dealkylation sites (tertiary alicyclic amines) is 1. The van der Waals surface area contributed by atoms with Crippen LogP contribution in [-0.4, -0.2) is 53.9 Å². The molecular formula is C22H33N3O2S. The molecule has 0 amide bonds. The third kappa shape index (κ3) is 6.55. The third-order valence-corrected chi connectivity index (χ3v) is 6.36. The van der Waals surface area contributed by atoms with Gasteiger partial charge in [-0.25, -0.2) is 4.98 Å². The minimum absolute atomic E-state index is 0.338. The number of aliphatic hydroxyl groups is 1. The van der Waals surface area contributed by atoms with E-state index in [1.807, 2.05) is 18.2 Å². The van der Waals surface area contributed by atoms with Crippen LogP contribution in [0.15, 0.2) is 24.3 Å². The summed E-state index contributed by atoms with van der Waals surface area (Å²) in [5, 5.41) is 15.0. The number of nitrogens with one attached hydrogen (secondary N) is 1. The van der Waals surface area contributed by atoms with Crippen molar-refractivity contribution in [2.24, 2.45) is 0 Å². The van der Waals surface area contributed by atoms with Crippen LogP contribution in [0.4, 0.5) is 0 Å². The molecule has 1 aliphatic heterocycles. The number of benzene rings is 1. The number of aryl methyl sites for hydroxylation is 2. The summed E-state index contributed by atoms with van der Waals surface area (Å²) in [5.74, 6) is 0.855. The van der Waals surface area contributed by atoms with Gasteiger partial charge in [-0.1, -0.05) is 24.6 Å². The van der Waals surface area contributed by atoms with Gasteiger partial charge in [-0.3, -0.25) is 0 Å². The topological polar surface area (TPSA) is 57.6 Å². The lowest BCUT2D eigenvalue weighted by atomic mass is 10.1. The van der Waals surface area contributed by atoms with Crippen molar-refractivity contribution < 1.29 is 9.84 Å². The lowest BCUT2D eigenvalue weighted by Crippen LogP contribution is -2.38. The van der Waals surface area contributed by atoms with Crippen molar-refractivity contribution in [2.45, 2.75) is 52.2 Å². The van der Waals surface area contributed by atoms with Crippen LogP contribution in [0.3, 0.4) is 0 Å². The maximum absolute atomic E-state index is 10.3. The normalized spacial score (nSPS) is 16.2. The molecule has 0 saturated carbocycles. The smallest absolute Gasteiger partial charge is 0.123 e. The summed E-state index contributed by atoms with van der Waals surface area (Å²) >= 11 is 1.78. The molecule has 154 valence electrons. The summed E-state index contributed by atoms with van der Waals surface area (Å²) in [4.78, 5) is 8.23. The van der Waals surface area contributed by atoms with Crippen molar-refractivity contribution in [1.29, 1.82) is 0 Å². The van der Waals surface area contributed by atoms with E-state index < -0.39 is 6.10 Å². The van der Waals surface area contributed by atoms with Crippen LogP contribution in [0.25, 0.3) is 0 Å². The Balaban J connectivity index is 1.41. The molecule has 28 heavy (non-hydrogen) atoms. The second-order valence-corrected chi connectivity index (χ2v) is 8.90. The van der Waals surface area contributed by atoms with E-state index in [2.05, 4.69) is 35.1 Å². The summed E-state index contributed by atoms with van der Waals surface area (Å²) in [7, 11) is 0. The van der Waals surface area contributed by atoms with E-state index in [4.69, 9.17) is 4.74 Å². The molecule has 1 saturated heterocycles. The molecule has 2 aromatic rings. The Kier molecular flexibility index (Phi) is 8.27. The predicted molar refractivity (Wildman–Crippen MR) is 115 cm³/mol. The van der Waals surface area contributed by atoms with E-state index in [1.165, 1.54) is 29.1 Å². The molecule has 0 radical (unpaired) electrons. The van der Waals surface area contributed by atoms with Gasteiger partial charge in [0.1, 0.15) is 18.5 Å². The van der Waals surface area contributed by atoms with Gasteiger partial charge in [-0.05, 0) is 45.8 Å². The molecule has 6 heteroatoms. The van der Waals surface area contributed by atoms with Crippen LogP contribution in [0, 0.1) is 13.8 Å². The van der Waals surface area contributed by atoms with E-state index in [1.54, 1.807) is 11.3 Å². The van der Waals surface area contributed by atoms with Gasteiger partial charge in [-0.2, -0.15) is 0 Å². The van der Waals surface area contributed by atoms with Gasteiger partial charge >= 0.3 is 0 Å². The summed E-state index contributed by atoms with van der Waals surface area (Å²) < 4.78 is 5.95. The molecule has 1 aliphatic rings. The number of rotatable bonds is 10. The van der Waals surface area contributed by atoms with Crippen molar-refractivity contribution in [3.8, 4) is 5.75 Å². The largest absolute Gasteiger partial charge is 0.491 e. The van der Waals surface area contributed by atoms with E-state index in [9.17, 15) is 5.11 Å². The summed E-state index contributed by atoms with van der Waals surface area (Å²) in [6, 6.07) is 8.08. The fourth-order valence-corrected chi connectivity index (χ4v) is 4.47. The van der Waals surface area contributed by atoms with Crippen molar-refractivity contribution in [3.05, 3.63) is 45.4 Å². The Bertz CT molecular complexity index is 709. The maximum atomic E-state index is 10.3. The van der Waals surface area contributed by atoms with E-state index in [0.717, 1.165) is 49.6 Å². The van der Waals surface area contributed by atoms with Crippen molar-refractivity contribution in [3.63, 3.8) is 0 Å². The highest BCUT2D eigenvalue weighted by atomic mass is 32.1. The number of hydrogen-bond donors (Lipinski definition) is 2. The molecule has 2 N–H and O–H groups in total. The summed E-state index contributed by atoms with van der Waals surface area (Å²) in [6.07, 6.45) is 4.28. The molecule has 3 rings (SSSR count). The van der Waals surface area contributed by atoms with Gasteiger partial charge in [0.15, 0.2) is 0 Å². The SMILES string of the molecule is Cc1nc(CCNCc2ccccc2OC[C@@H](O)CN2CCCCC2)sc1C. The number of aromatic nitrogens is 1. The fourth-order valence-electron chi connectivity index (χ4n) is 3.53. The van der Waals surface area contributed by atoms with Crippen LogP contribution >= 0.6 is 11.3 Å². The lowest BCUT2D eigenvalue weighted by Gasteiger charge is -2.28. The summed E-state index contributed by atoms with van der Waals surface area (Å²) in [6.45, 7) is 9.05. The highest BCUT2D eigenvalue weighted by Crippen LogP contribution is 2.19. The predicted octanol–water partition coefficient (Wildman–Crippen LogP) is 3.32. The number of aliphatic hydroxyl groups excluding tert-OH is 1. The van der Waals surface area contributed by atoms with Gasteiger partial charge in [0.25, 0.3) is 0 Å². The Labute approximate surface area is 172 Å². The van der Waals surface area contributed by atoms with Gasteiger partial charge in [0.05, 0.1) is 10.7 Å². The van der Waals surface area contributed by atoms with Crippen LogP contribution in [0.5, 0.6) is 5.75 Å². The van der Waals surface area contributed by atoms with Crippen LogP contribution < -0.4 is 10.1 Å². The zero-order valence-corrected chi connectivity index (χ0v) is 17.9. The van der Waals surface area contributed by atoms with E-state index >= 15 is 0 Å². The Morgan fingerprint density at radius 3 is 2.75 bits per heavy atom. The van der Waals surface area contributed by atoms with E-state index in [-0.39, 0.29) is 0 Å². The molecule has 0 bridgehead atoms. The quantitative estimate of drug-likeness (QED) is 0.596. The molecule has 0 unspecified atom stereocenters. The summed E-state index contributed by atoms with van der Waals surface area (Å²) in [5.41, 5.74) is 2.26. The number of piperidine rings is 1. The number of β-amino-alcohol motifs (C(OH)–C–C–N with tert-alkyl or cyclic N) is 1. The standard InChI is InChI=1S/C22H33N3O2S/c1-17-18(2)28-22(24-17)10-11-23-14-19-8-4-5-9-21(19)27-16-20(26)15-25-12-6-3-7-13-25/h4-5,8-9,20,23,26H,3,6-7,10-16H2,1-2H3/t20-/m0/s1. The van der Waals surface area contributed by atoms with Gasteiger partial charge in [0, 0.05) is 36.5 Å². The number of para-hydroxylation sites is 1. The second kappa shape index (κ2) is 10.9. The Morgan fingerprint density at radius 2 is 2.00 bits per heavy atom. The molecule has 1 atom stereocenters. The average Bonchev–Trinajstić information content (AvgIpc) is 3.02. The number of nitrogens with zero attached hydrogens (tertiary/aromatic N) is 2. The number of thiazole rings is 1. The molecule has 1 aromatic carbocycles. The first-order chi connectivity index (χ1) is 13.6. The highest BCUT2D eigenvalue weighted by molar-refractivity contribution is 7.11.